The van der Waals surface area contributed by atoms with E-state index >= 15 is 0 Å². The fourth-order valence-electron chi connectivity index (χ4n) is 2.76. The predicted molar refractivity (Wildman–Crippen MR) is 84.9 cm³/mol. The van der Waals surface area contributed by atoms with Crippen molar-refractivity contribution in [3.8, 4) is 0 Å². The van der Waals surface area contributed by atoms with E-state index in [0.29, 0.717) is 13.1 Å². The first-order chi connectivity index (χ1) is 10.8. The van der Waals surface area contributed by atoms with Crippen LogP contribution in [0.25, 0.3) is 0 Å². The van der Waals surface area contributed by atoms with Gasteiger partial charge in [-0.1, -0.05) is 0 Å². The number of nitrogens with one attached hydrogen (secondary N) is 1. The van der Waals surface area contributed by atoms with E-state index in [2.05, 4.69) is 4.72 Å². The van der Waals surface area contributed by atoms with Crippen molar-refractivity contribution in [2.24, 2.45) is 11.7 Å². The van der Waals surface area contributed by atoms with Crippen LogP contribution >= 0.6 is 0 Å². The second-order valence-corrected chi connectivity index (χ2v) is 7.72. The van der Waals surface area contributed by atoms with Gasteiger partial charge in [0, 0.05) is 24.7 Å². The minimum absolute atomic E-state index is 0.0148. The van der Waals surface area contributed by atoms with Crippen LogP contribution in [0.1, 0.15) is 30.1 Å². The summed E-state index contributed by atoms with van der Waals surface area (Å²) < 4.78 is 39.5. The van der Waals surface area contributed by atoms with Crippen molar-refractivity contribution in [2.75, 3.05) is 20.1 Å². The average molecular weight is 343 g/mol. The van der Waals surface area contributed by atoms with Gasteiger partial charge in [-0.3, -0.25) is 4.79 Å². The molecule has 1 amide bonds. The Balaban J connectivity index is 2.28. The van der Waals surface area contributed by atoms with Crippen LogP contribution in [0.5, 0.6) is 0 Å². The molecule has 1 aromatic carbocycles. The van der Waals surface area contributed by atoms with Crippen LogP contribution in [0, 0.1) is 11.7 Å². The molecule has 1 aliphatic rings. The summed E-state index contributed by atoms with van der Waals surface area (Å²) in [4.78, 5) is 13.7. The van der Waals surface area contributed by atoms with E-state index in [-0.39, 0.29) is 23.4 Å². The van der Waals surface area contributed by atoms with Gasteiger partial charge in [0.05, 0.1) is 0 Å². The maximum Gasteiger partial charge on any atom is 0.253 e. The molecule has 128 valence electrons. The number of piperidine rings is 1. The van der Waals surface area contributed by atoms with Gasteiger partial charge in [-0.25, -0.2) is 17.5 Å². The van der Waals surface area contributed by atoms with Crippen LogP contribution in [0.4, 0.5) is 4.39 Å². The molecule has 0 aromatic heterocycles. The maximum absolute atomic E-state index is 13.8. The Kier molecular flexibility index (Phi) is 5.38. The van der Waals surface area contributed by atoms with Crippen LogP contribution in [0.15, 0.2) is 23.1 Å². The van der Waals surface area contributed by atoms with E-state index < -0.39 is 20.7 Å². The molecule has 2 rings (SSSR count). The van der Waals surface area contributed by atoms with Crippen LogP contribution < -0.4 is 10.5 Å². The summed E-state index contributed by atoms with van der Waals surface area (Å²) in [6.07, 6.45) is 1.81. The van der Waals surface area contributed by atoms with Gasteiger partial charge in [0.25, 0.3) is 5.91 Å². The molecule has 1 heterocycles. The van der Waals surface area contributed by atoms with Gasteiger partial charge >= 0.3 is 0 Å². The lowest BCUT2D eigenvalue weighted by molar-refractivity contribution is 0.0660. The van der Waals surface area contributed by atoms with E-state index in [9.17, 15) is 17.6 Å². The Morgan fingerprint density at radius 3 is 2.78 bits per heavy atom. The summed E-state index contributed by atoms with van der Waals surface area (Å²) in [5.41, 5.74) is 6.07. The third-order valence-corrected chi connectivity index (χ3v) is 5.65. The van der Waals surface area contributed by atoms with Crippen LogP contribution in [-0.4, -0.2) is 45.4 Å². The summed E-state index contributed by atoms with van der Waals surface area (Å²) in [6, 6.07) is 3.38. The molecule has 6 nitrogen and oxygen atoms in total. The van der Waals surface area contributed by atoms with Crippen molar-refractivity contribution in [1.82, 2.24) is 9.62 Å². The largest absolute Gasteiger partial charge is 0.338 e. The van der Waals surface area contributed by atoms with Gasteiger partial charge in [-0.15, -0.1) is 0 Å². The maximum atomic E-state index is 13.8. The highest BCUT2D eigenvalue weighted by atomic mass is 32.2. The SMILES string of the molecule is CNS(=O)(=O)c1cc(C(=O)N2CCC[C@@H]([C@H](C)N)C2)ccc1F. The number of nitrogens with two attached hydrogens (primary N) is 1. The zero-order chi connectivity index (χ0) is 17.2. The molecule has 0 spiro atoms. The van der Waals surface area contributed by atoms with Gasteiger partial charge < -0.3 is 10.6 Å². The number of sulfonamides is 1. The lowest BCUT2D eigenvalue weighted by Crippen LogP contribution is -2.45. The second-order valence-electron chi connectivity index (χ2n) is 5.87. The summed E-state index contributed by atoms with van der Waals surface area (Å²) in [7, 11) is -2.76. The number of nitrogens with zero attached hydrogens (tertiary/aromatic N) is 1. The first kappa shape index (κ1) is 17.8. The van der Waals surface area contributed by atoms with E-state index in [4.69, 9.17) is 5.73 Å². The Morgan fingerprint density at radius 2 is 2.17 bits per heavy atom. The second kappa shape index (κ2) is 6.94. The van der Waals surface area contributed by atoms with Crippen LogP contribution in [-0.2, 0) is 10.0 Å². The molecule has 1 aromatic rings. The first-order valence-electron chi connectivity index (χ1n) is 7.54. The molecule has 1 fully saturated rings. The molecule has 0 radical (unpaired) electrons. The van der Waals surface area contributed by atoms with Crippen LogP contribution in [0.2, 0.25) is 0 Å². The molecule has 23 heavy (non-hydrogen) atoms. The highest BCUT2D eigenvalue weighted by Crippen LogP contribution is 2.22. The Hall–Kier alpha value is -1.51. The molecular formula is C15H22FN3O3S. The first-order valence-corrected chi connectivity index (χ1v) is 9.02. The standard InChI is InChI=1S/C15H22FN3O3S/c1-10(17)12-4-3-7-19(9-12)15(20)11-5-6-13(16)14(8-11)23(21,22)18-2/h5-6,8,10,12,18H,3-4,7,9,17H2,1-2H3/t10-,12+/m0/s1. The normalized spacial score (nSPS) is 20.3. The summed E-state index contributed by atoms with van der Waals surface area (Å²) in [6.45, 7) is 3.03. The van der Waals surface area contributed by atoms with E-state index in [1.165, 1.54) is 13.1 Å². The fraction of sp³-hybridized carbons (Fsp3) is 0.533. The molecule has 0 saturated carbocycles. The average Bonchev–Trinajstić information content (AvgIpc) is 2.54. The number of carbonyl (C=O) groups is 1. The monoisotopic (exact) mass is 343 g/mol. The highest BCUT2D eigenvalue weighted by molar-refractivity contribution is 7.89. The third kappa shape index (κ3) is 3.88. The summed E-state index contributed by atoms with van der Waals surface area (Å²) in [5, 5.41) is 0. The molecule has 3 N–H and O–H groups in total. The molecule has 0 aliphatic carbocycles. The molecule has 0 unspecified atom stereocenters. The Labute approximate surface area is 135 Å². The van der Waals surface area contributed by atoms with Crippen molar-refractivity contribution in [3.63, 3.8) is 0 Å². The summed E-state index contributed by atoms with van der Waals surface area (Å²) in [5.74, 6) is -0.973. The van der Waals surface area contributed by atoms with Gasteiger partial charge in [0.2, 0.25) is 10.0 Å². The van der Waals surface area contributed by atoms with E-state index in [1.807, 2.05) is 6.92 Å². The number of benzene rings is 1. The van der Waals surface area contributed by atoms with Crippen molar-refractivity contribution in [1.29, 1.82) is 0 Å². The minimum Gasteiger partial charge on any atom is -0.338 e. The topological polar surface area (TPSA) is 92.5 Å². The third-order valence-electron chi connectivity index (χ3n) is 4.23. The van der Waals surface area contributed by atoms with Gasteiger partial charge in [-0.2, -0.15) is 0 Å². The number of halogens is 1. The van der Waals surface area contributed by atoms with Crippen molar-refractivity contribution < 1.29 is 17.6 Å². The molecule has 2 atom stereocenters. The molecule has 1 saturated heterocycles. The lowest BCUT2D eigenvalue weighted by atomic mass is 9.92. The number of hydrogen-bond donors (Lipinski definition) is 2. The van der Waals surface area contributed by atoms with Gasteiger partial charge in [-0.05, 0) is 50.9 Å². The number of hydrogen-bond acceptors (Lipinski definition) is 4. The van der Waals surface area contributed by atoms with E-state index in [1.54, 1.807) is 4.90 Å². The smallest absolute Gasteiger partial charge is 0.253 e. The van der Waals surface area contributed by atoms with Crippen molar-refractivity contribution in [2.45, 2.75) is 30.7 Å². The predicted octanol–water partition coefficient (Wildman–Crippen LogP) is 0.933. The van der Waals surface area contributed by atoms with Gasteiger partial charge in [0.15, 0.2) is 0 Å². The number of rotatable bonds is 4. The fourth-order valence-corrected chi connectivity index (χ4v) is 3.59. The molecular weight excluding hydrogens is 321 g/mol. The number of amides is 1. The minimum atomic E-state index is -3.96. The Bertz CT molecular complexity index is 691. The summed E-state index contributed by atoms with van der Waals surface area (Å²) >= 11 is 0. The van der Waals surface area contributed by atoms with Gasteiger partial charge in [0.1, 0.15) is 10.7 Å². The molecule has 0 bridgehead atoms. The lowest BCUT2D eigenvalue weighted by Gasteiger charge is -2.34. The number of likely N-dealkylation sites (tertiary alicyclic amines) is 1. The highest BCUT2D eigenvalue weighted by Gasteiger charge is 2.27. The van der Waals surface area contributed by atoms with Crippen LogP contribution in [0.3, 0.4) is 0 Å². The van der Waals surface area contributed by atoms with Crippen molar-refractivity contribution in [3.05, 3.63) is 29.6 Å². The zero-order valence-corrected chi connectivity index (χ0v) is 14.1. The Morgan fingerprint density at radius 1 is 1.48 bits per heavy atom. The van der Waals surface area contributed by atoms with E-state index in [0.717, 1.165) is 25.0 Å². The molecule has 1 aliphatic heterocycles. The quantitative estimate of drug-likeness (QED) is 0.851. The molecule has 8 heteroatoms. The number of carbonyl (C=O) groups excluding carboxylic acids is 1. The zero-order valence-electron chi connectivity index (χ0n) is 13.3. The van der Waals surface area contributed by atoms with Crippen molar-refractivity contribution >= 4 is 15.9 Å².